The number of ether oxygens (including phenoxy) is 1. The van der Waals surface area contributed by atoms with Gasteiger partial charge in [0.1, 0.15) is 6.04 Å². The molecule has 0 radical (unpaired) electrons. The summed E-state index contributed by atoms with van der Waals surface area (Å²) < 4.78 is 4.73. The molecule has 0 fully saturated rings. The predicted molar refractivity (Wildman–Crippen MR) is 33.3 cm³/mol. The van der Waals surface area contributed by atoms with Crippen molar-refractivity contribution >= 4 is 11.9 Å². The molecule has 50 valence electrons. The van der Waals surface area contributed by atoms with E-state index in [-0.39, 0.29) is 12.0 Å². The maximum Gasteiger partial charge on any atom is 0.337 e. The van der Waals surface area contributed by atoms with Crippen LogP contribution in [-0.2, 0) is 9.53 Å². The molecular formula is C6H9NO2. The van der Waals surface area contributed by atoms with Crippen molar-refractivity contribution in [2.75, 3.05) is 0 Å². The molecule has 0 spiro atoms. The summed E-state index contributed by atoms with van der Waals surface area (Å²) in [6.07, 6.45) is 0.704. The Morgan fingerprint density at radius 2 is 2.44 bits per heavy atom. The molecule has 0 bridgehead atoms. The van der Waals surface area contributed by atoms with Crippen LogP contribution in [0.4, 0.5) is 0 Å². The van der Waals surface area contributed by atoms with Crippen LogP contribution in [0.2, 0.25) is 0 Å². The Kier molecular flexibility index (Phi) is 1.51. The van der Waals surface area contributed by atoms with Crippen molar-refractivity contribution in [1.29, 1.82) is 0 Å². The van der Waals surface area contributed by atoms with Crippen molar-refractivity contribution in [3.05, 3.63) is 0 Å². The molecule has 0 saturated heterocycles. The van der Waals surface area contributed by atoms with Crippen LogP contribution in [0.25, 0.3) is 0 Å². The van der Waals surface area contributed by atoms with Crippen LogP contribution in [0.15, 0.2) is 4.99 Å². The normalized spacial score (nSPS) is 25.8. The first kappa shape index (κ1) is 6.26. The second-order valence-corrected chi connectivity index (χ2v) is 1.97. The minimum atomic E-state index is -0.278. The van der Waals surface area contributed by atoms with Gasteiger partial charge in [-0.2, -0.15) is 0 Å². The lowest BCUT2D eigenvalue weighted by atomic mass is 10.4. The average molecular weight is 127 g/mol. The van der Waals surface area contributed by atoms with Gasteiger partial charge >= 0.3 is 5.97 Å². The molecule has 3 heteroatoms. The highest BCUT2D eigenvalue weighted by Gasteiger charge is 2.22. The standard InChI is InChI=1S/C6H9NO2/c1-3-5-7-4(2)6(8)9-5/h4H,3H2,1-2H3. The largest absolute Gasteiger partial charge is 0.410 e. The molecule has 1 aliphatic heterocycles. The number of cyclic esters (lactones) is 1. The van der Waals surface area contributed by atoms with E-state index in [0.29, 0.717) is 12.3 Å². The first-order chi connectivity index (χ1) is 4.24. The molecule has 0 aromatic rings. The van der Waals surface area contributed by atoms with Crippen molar-refractivity contribution < 1.29 is 9.53 Å². The smallest absolute Gasteiger partial charge is 0.337 e. The van der Waals surface area contributed by atoms with E-state index in [4.69, 9.17) is 4.74 Å². The number of esters is 1. The molecule has 0 saturated carbocycles. The maximum absolute atomic E-state index is 10.6. The molecule has 0 aromatic heterocycles. The number of rotatable bonds is 1. The summed E-state index contributed by atoms with van der Waals surface area (Å²) in [4.78, 5) is 14.5. The summed E-state index contributed by atoms with van der Waals surface area (Å²) in [5, 5.41) is 0. The summed E-state index contributed by atoms with van der Waals surface area (Å²) in [7, 11) is 0. The third-order valence-corrected chi connectivity index (χ3v) is 1.20. The summed E-state index contributed by atoms with van der Waals surface area (Å²) >= 11 is 0. The zero-order chi connectivity index (χ0) is 6.85. The molecule has 1 aliphatic rings. The fourth-order valence-electron chi connectivity index (χ4n) is 0.660. The molecule has 0 aromatic carbocycles. The maximum atomic E-state index is 10.6. The molecular weight excluding hydrogens is 118 g/mol. The van der Waals surface area contributed by atoms with Gasteiger partial charge in [-0.25, -0.2) is 9.79 Å². The molecule has 1 heterocycles. The minimum absolute atomic E-state index is 0.230. The van der Waals surface area contributed by atoms with Crippen LogP contribution in [0.3, 0.4) is 0 Å². The topological polar surface area (TPSA) is 38.7 Å². The lowest BCUT2D eigenvalue weighted by molar-refractivity contribution is -0.134. The van der Waals surface area contributed by atoms with E-state index in [9.17, 15) is 4.79 Å². The van der Waals surface area contributed by atoms with Gasteiger partial charge in [0.25, 0.3) is 0 Å². The van der Waals surface area contributed by atoms with Gasteiger partial charge in [0.2, 0.25) is 0 Å². The number of carbonyl (C=O) groups excluding carboxylic acids is 1. The van der Waals surface area contributed by atoms with E-state index in [1.807, 2.05) is 6.92 Å². The lowest BCUT2D eigenvalue weighted by Crippen LogP contribution is -2.10. The highest BCUT2D eigenvalue weighted by molar-refractivity contribution is 5.96. The van der Waals surface area contributed by atoms with Crippen molar-refractivity contribution in [3.8, 4) is 0 Å². The highest BCUT2D eigenvalue weighted by Crippen LogP contribution is 2.06. The predicted octanol–water partition coefficient (Wildman–Crippen LogP) is 0.740. The quantitative estimate of drug-likeness (QED) is 0.487. The molecule has 0 N–H and O–H groups in total. The zero-order valence-corrected chi connectivity index (χ0v) is 5.55. The van der Waals surface area contributed by atoms with Crippen LogP contribution < -0.4 is 0 Å². The highest BCUT2D eigenvalue weighted by atomic mass is 16.6. The molecule has 1 unspecified atom stereocenters. The van der Waals surface area contributed by atoms with Crippen LogP contribution in [0.1, 0.15) is 20.3 Å². The Labute approximate surface area is 53.7 Å². The molecule has 0 aliphatic carbocycles. The minimum Gasteiger partial charge on any atom is -0.410 e. The van der Waals surface area contributed by atoms with Gasteiger partial charge in [-0.1, -0.05) is 6.92 Å². The van der Waals surface area contributed by atoms with Gasteiger partial charge in [-0.3, -0.25) is 0 Å². The average Bonchev–Trinajstić information content (AvgIpc) is 2.13. The first-order valence-corrected chi connectivity index (χ1v) is 3.02. The number of hydrogen-bond acceptors (Lipinski definition) is 3. The van der Waals surface area contributed by atoms with E-state index in [1.165, 1.54) is 0 Å². The van der Waals surface area contributed by atoms with Gasteiger partial charge in [0, 0.05) is 6.42 Å². The molecule has 1 rings (SSSR count). The Hall–Kier alpha value is -0.860. The third-order valence-electron chi connectivity index (χ3n) is 1.20. The van der Waals surface area contributed by atoms with Gasteiger partial charge in [-0.05, 0) is 6.92 Å². The summed E-state index contributed by atoms with van der Waals surface area (Å²) in [5.41, 5.74) is 0. The van der Waals surface area contributed by atoms with Crippen LogP contribution >= 0.6 is 0 Å². The lowest BCUT2D eigenvalue weighted by Gasteiger charge is -1.91. The number of aliphatic imine (C=N–C) groups is 1. The number of nitrogens with zero attached hydrogens (tertiary/aromatic N) is 1. The zero-order valence-electron chi connectivity index (χ0n) is 5.55. The van der Waals surface area contributed by atoms with E-state index in [1.54, 1.807) is 6.92 Å². The Morgan fingerprint density at radius 1 is 1.78 bits per heavy atom. The van der Waals surface area contributed by atoms with E-state index >= 15 is 0 Å². The van der Waals surface area contributed by atoms with E-state index < -0.39 is 0 Å². The van der Waals surface area contributed by atoms with Gasteiger partial charge < -0.3 is 4.74 Å². The van der Waals surface area contributed by atoms with Crippen molar-refractivity contribution in [1.82, 2.24) is 0 Å². The van der Waals surface area contributed by atoms with Crippen LogP contribution in [0, 0.1) is 0 Å². The van der Waals surface area contributed by atoms with Crippen molar-refractivity contribution in [2.24, 2.45) is 4.99 Å². The SMILES string of the molecule is CCC1=NC(C)C(=O)O1. The molecule has 0 amide bonds. The second-order valence-electron chi connectivity index (χ2n) is 1.97. The Balaban J connectivity index is 2.62. The summed E-state index contributed by atoms with van der Waals surface area (Å²) in [5.74, 6) is 0.333. The second kappa shape index (κ2) is 2.17. The van der Waals surface area contributed by atoms with E-state index in [0.717, 1.165) is 0 Å². The Morgan fingerprint density at radius 3 is 2.67 bits per heavy atom. The summed E-state index contributed by atoms with van der Waals surface area (Å²) in [6, 6.07) is -0.278. The number of carbonyl (C=O) groups is 1. The van der Waals surface area contributed by atoms with Crippen LogP contribution in [-0.4, -0.2) is 17.9 Å². The van der Waals surface area contributed by atoms with Gasteiger partial charge in [0.05, 0.1) is 0 Å². The molecule has 3 nitrogen and oxygen atoms in total. The van der Waals surface area contributed by atoms with Crippen LogP contribution in [0.5, 0.6) is 0 Å². The third kappa shape index (κ3) is 1.09. The number of hydrogen-bond donors (Lipinski definition) is 0. The van der Waals surface area contributed by atoms with Gasteiger partial charge in [0.15, 0.2) is 5.90 Å². The van der Waals surface area contributed by atoms with Crippen molar-refractivity contribution in [3.63, 3.8) is 0 Å². The van der Waals surface area contributed by atoms with E-state index in [2.05, 4.69) is 4.99 Å². The molecule has 9 heavy (non-hydrogen) atoms. The monoisotopic (exact) mass is 127 g/mol. The fourth-order valence-corrected chi connectivity index (χ4v) is 0.660. The van der Waals surface area contributed by atoms with Gasteiger partial charge in [-0.15, -0.1) is 0 Å². The fraction of sp³-hybridized carbons (Fsp3) is 0.667. The Bertz CT molecular complexity index is 162. The molecule has 1 atom stereocenters. The summed E-state index contributed by atoms with van der Waals surface area (Å²) in [6.45, 7) is 3.63. The first-order valence-electron chi connectivity index (χ1n) is 3.02. The van der Waals surface area contributed by atoms with Crippen molar-refractivity contribution in [2.45, 2.75) is 26.3 Å².